The number of pyridine rings is 1. The average molecular weight is 464 g/mol. The number of nitrogens with zero attached hydrogens (tertiary/aromatic N) is 3. The molecule has 0 aliphatic heterocycles. The number of para-hydroxylation sites is 1. The first-order chi connectivity index (χ1) is 17.0. The van der Waals surface area contributed by atoms with Gasteiger partial charge in [-0.1, -0.05) is 25.1 Å². The van der Waals surface area contributed by atoms with Gasteiger partial charge in [0.1, 0.15) is 23.4 Å². The van der Waals surface area contributed by atoms with E-state index in [2.05, 4.69) is 31.7 Å². The number of fused-ring (bicyclic) bond motifs is 2. The van der Waals surface area contributed by atoms with Gasteiger partial charge < -0.3 is 15.4 Å². The summed E-state index contributed by atoms with van der Waals surface area (Å²) < 4.78 is 6.26. The molecule has 0 spiro atoms. The SMILES string of the molecule is CCC(=O)Nc1ccc2ncnc(Nc3ccc(Oc4cccc5ccc(C)nc45)c(C)c3)c2c1. The van der Waals surface area contributed by atoms with Crippen molar-refractivity contribution in [3.05, 3.63) is 84.3 Å². The lowest BCUT2D eigenvalue weighted by atomic mass is 10.1. The normalized spacial score (nSPS) is 10.9. The van der Waals surface area contributed by atoms with Crippen molar-refractivity contribution in [2.45, 2.75) is 27.2 Å². The largest absolute Gasteiger partial charge is 0.455 e. The second kappa shape index (κ2) is 9.38. The Balaban J connectivity index is 1.42. The van der Waals surface area contributed by atoms with Gasteiger partial charge in [-0.25, -0.2) is 15.0 Å². The zero-order valence-corrected chi connectivity index (χ0v) is 19.8. The highest BCUT2D eigenvalue weighted by atomic mass is 16.5. The number of ether oxygens (including phenoxy) is 1. The summed E-state index contributed by atoms with van der Waals surface area (Å²) >= 11 is 0. The fraction of sp³-hybridized carbons (Fsp3) is 0.143. The van der Waals surface area contributed by atoms with Crippen molar-refractivity contribution in [2.24, 2.45) is 0 Å². The lowest BCUT2D eigenvalue weighted by Crippen LogP contribution is -2.09. The highest BCUT2D eigenvalue weighted by Gasteiger charge is 2.10. The zero-order chi connectivity index (χ0) is 24.4. The number of carbonyl (C=O) groups excluding carboxylic acids is 1. The molecular formula is C28H25N5O2. The van der Waals surface area contributed by atoms with Crippen molar-refractivity contribution in [3.8, 4) is 11.5 Å². The van der Waals surface area contributed by atoms with Crippen LogP contribution in [-0.4, -0.2) is 20.9 Å². The molecule has 0 atom stereocenters. The molecule has 0 bridgehead atoms. The van der Waals surface area contributed by atoms with E-state index in [1.165, 1.54) is 6.33 Å². The van der Waals surface area contributed by atoms with E-state index in [1.54, 1.807) is 0 Å². The van der Waals surface area contributed by atoms with E-state index in [0.29, 0.717) is 17.9 Å². The van der Waals surface area contributed by atoms with Crippen molar-refractivity contribution in [2.75, 3.05) is 10.6 Å². The molecule has 174 valence electrons. The summed E-state index contributed by atoms with van der Waals surface area (Å²) in [5.74, 6) is 2.09. The molecule has 2 N–H and O–H groups in total. The number of nitrogens with one attached hydrogen (secondary N) is 2. The van der Waals surface area contributed by atoms with Crippen LogP contribution in [-0.2, 0) is 4.79 Å². The molecule has 1 amide bonds. The van der Waals surface area contributed by atoms with Gasteiger partial charge in [-0.3, -0.25) is 4.79 Å². The third-order valence-corrected chi connectivity index (χ3v) is 5.72. The minimum Gasteiger partial charge on any atom is -0.455 e. The van der Waals surface area contributed by atoms with Crippen molar-refractivity contribution in [1.82, 2.24) is 15.0 Å². The van der Waals surface area contributed by atoms with Crippen LogP contribution >= 0.6 is 0 Å². The maximum atomic E-state index is 11.8. The minimum atomic E-state index is -0.0431. The number of hydrogen-bond acceptors (Lipinski definition) is 6. The molecule has 0 saturated heterocycles. The van der Waals surface area contributed by atoms with Crippen LogP contribution in [0.25, 0.3) is 21.8 Å². The Morgan fingerprint density at radius 3 is 2.60 bits per heavy atom. The van der Waals surface area contributed by atoms with E-state index >= 15 is 0 Å². The molecule has 0 radical (unpaired) electrons. The molecule has 0 aliphatic rings. The number of rotatable bonds is 6. The number of carbonyl (C=O) groups is 1. The van der Waals surface area contributed by atoms with Crippen LogP contribution in [0.2, 0.25) is 0 Å². The quantitative estimate of drug-likeness (QED) is 0.292. The Bertz CT molecular complexity index is 1560. The molecule has 2 heterocycles. The molecule has 0 saturated carbocycles. The van der Waals surface area contributed by atoms with Gasteiger partial charge in [-0.2, -0.15) is 0 Å². The van der Waals surface area contributed by atoms with Gasteiger partial charge >= 0.3 is 0 Å². The summed E-state index contributed by atoms with van der Waals surface area (Å²) in [6.45, 7) is 5.79. The standard InChI is InChI=1S/C28H25N5O2/c1-4-26(34)32-21-10-12-23-22(15-21)28(30-16-29-23)33-20-11-13-24(17(2)14-20)35-25-7-5-6-19-9-8-18(3)31-27(19)25/h5-16H,4H2,1-3H3,(H,32,34)(H,29,30,33). The van der Waals surface area contributed by atoms with Crippen molar-refractivity contribution < 1.29 is 9.53 Å². The summed E-state index contributed by atoms with van der Waals surface area (Å²) in [6, 6.07) is 21.5. The van der Waals surface area contributed by atoms with E-state index in [1.807, 2.05) is 81.4 Å². The third kappa shape index (κ3) is 4.75. The number of aromatic nitrogens is 3. The Morgan fingerprint density at radius 1 is 0.914 bits per heavy atom. The van der Waals surface area contributed by atoms with E-state index < -0.39 is 0 Å². The van der Waals surface area contributed by atoms with Crippen LogP contribution in [0.3, 0.4) is 0 Å². The minimum absolute atomic E-state index is 0.0431. The molecule has 35 heavy (non-hydrogen) atoms. The Labute approximate surface area is 203 Å². The predicted octanol–water partition coefficient (Wildman–Crippen LogP) is 6.68. The number of anilines is 3. The molecule has 0 fully saturated rings. The smallest absolute Gasteiger partial charge is 0.224 e. The first kappa shape index (κ1) is 22.3. The Hall–Kier alpha value is -4.52. The summed E-state index contributed by atoms with van der Waals surface area (Å²) in [5.41, 5.74) is 5.11. The molecule has 2 aromatic heterocycles. The van der Waals surface area contributed by atoms with E-state index in [9.17, 15) is 4.79 Å². The average Bonchev–Trinajstić information content (AvgIpc) is 2.86. The van der Waals surface area contributed by atoms with Gasteiger partial charge in [0.25, 0.3) is 0 Å². The Morgan fingerprint density at radius 2 is 1.77 bits per heavy atom. The first-order valence-electron chi connectivity index (χ1n) is 11.5. The lowest BCUT2D eigenvalue weighted by Gasteiger charge is -2.14. The second-order valence-electron chi connectivity index (χ2n) is 8.34. The summed E-state index contributed by atoms with van der Waals surface area (Å²) in [5, 5.41) is 8.12. The number of hydrogen-bond donors (Lipinski definition) is 2. The van der Waals surface area contributed by atoms with E-state index in [0.717, 1.165) is 50.2 Å². The van der Waals surface area contributed by atoms with E-state index in [-0.39, 0.29) is 5.91 Å². The van der Waals surface area contributed by atoms with Crippen LogP contribution in [0, 0.1) is 13.8 Å². The van der Waals surface area contributed by atoms with Crippen LogP contribution in [0.1, 0.15) is 24.6 Å². The van der Waals surface area contributed by atoms with Crippen LogP contribution in [0.5, 0.6) is 11.5 Å². The molecule has 0 aliphatic carbocycles. The number of aryl methyl sites for hydroxylation is 2. The van der Waals surface area contributed by atoms with E-state index in [4.69, 9.17) is 4.74 Å². The number of benzene rings is 3. The molecule has 7 heteroatoms. The predicted molar refractivity (Wildman–Crippen MR) is 139 cm³/mol. The van der Waals surface area contributed by atoms with Crippen LogP contribution in [0.15, 0.2) is 73.1 Å². The van der Waals surface area contributed by atoms with Gasteiger partial charge in [0, 0.05) is 34.3 Å². The first-order valence-corrected chi connectivity index (χ1v) is 11.5. The Kier molecular flexibility index (Phi) is 5.97. The monoisotopic (exact) mass is 463 g/mol. The third-order valence-electron chi connectivity index (χ3n) is 5.72. The van der Waals surface area contributed by atoms with Gasteiger partial charge in [0.05, 0.1) is 5.52 Å². The molecule has 7 nitrogen and oxygen atoms in total. The molecule has 5 rings (SSSR count). The molecule has 5 aromatic rings. The molecule has 3 aromatic carbocycles. The topological polar surface area (TPSA) is 89.0 Å². The zero-order valence-electron chi connectivity index (χ0n) is 19.8. The molecule has 0 unspecified atom stereocenters. The summed E-state index contributed by atoms with van der Waals surface area (Å²) in [7, 11) is 0. The maximum absolute atomic E-state index is 11.8. The highest BCUT2D eigenvalue weighted by molar-refractivity contribution is 5.97. The number of amides is 1. The maximum Gasteiger partial charge on any atom is 0.224 e. The summed E-state index contributed by atoms with van der Waals surface area (Å²) in [6.07, 6.45) is 1.94. The van der Waals surface area contributed by atoms with Gasteiger partial charge in [0.2, 0.25) is 5.91 Å². The fourth-order valence-corrected chi connectivity index (χ4v) is 3.88. The van der Waals surface area contributed by atoms with Crippen molar-refractivity contribution in [3.63, 3.8) is 0 Å². The van der Waals surface area contributed by atoms with Crippen molar-refractivity contribution in [1.29, 1.82) is 0 Å². The van der Waals surface area contributed by atoms with Gasteiger partial charge in [-0.05, 0) is 67.9 Å². The second-order valence-corrected chi connectivity index (χ2v) is 8.34. The highest BCUT2D eigenvalue weighted by Crippen LogP contribution is 2.33. The lowest BCUT2D eigenvalue weighted by molar-refractivity contribution is -0.115. The van der Waals surface area contributed by atoms with Gasteiger partial charge in [0.15, 0.2) is 5.75 Å². The van der Waals surface area contributed by atoms with Crippen LogP contribution in [0.4, 0.5) is 17.2 Å². The van der Waals surface area contributed by atoms with Crippen LogP contribution < -0.4 is 15.4 Å². The molecular weight excluding hydrogens is 438 g/mol. The van der Waals surface area contributed by atoms with Gasteiger partial charge in [-0.15, -0.1) is 0 Å². The fourth-order valence-electron chi connectivity index (χ4n) is 3.88. The van der Waals surface area contributed by atoms with Crippen molar-refractivity contribution >= 4 is 44.9 Å². The summed E-state index contributed by atoms with van der Waals surface area (Å²) in [4.78, 5) is 25.2.